The molecule has 0 heterocycles. The summed E-state index contributed by atoms with van der Waals surface area (Å²) in [5.74, 6) is -0.886. The molecule has 0 spiro atoms. The third kappa shape index (κ3) is 5.34. The number of hydrogen-bond donors (Lipinski definition) is 1. The minimum Gasteiger partial charge on any atom is -0.422 e. The molecule has 1 N–H and O–H groups in total. The number of esters is 1. The van der Waals surface area contributed by atoms with Crippen molar-refractivity contribution in [3.8, 4) is 11.8 Å². The number of para-hydroxylation sites is 1. The predicted octanol–water partition coefficient (Wildman–Crippen LogP) is 5.41. The van der Waals surface area contributed by atoms with Gasteiger partial charge in [0, 0.05) is 16.3 Å². The molecule has 5 nitrogen and oxygen atoms in total. The summed E-state index contributed by atoms with van der Waals surface area (Å²) in [6, 6.07) is 22.1. The van der Waals surface area contributed by atoms with Gasteiger partial charge in [-0.25, -0.2) is 4.79 Å². The molecular formula is C24H17ClN2O3. The van der Waals surface area contributed by atoms with E-state index in [0.29, 0.717) is 21.8 Å². The van der Waals surface area contributed by atoms with Gasteiger partial charge < -0.3 is 10.1 Å². The number of nitrogens with one attached hydrogen (secondary N) is 1. The lowest BCUT2D eigenvalue weighted by molar-refractivity contribution is -0.112. The number of nitrogens with zero attached hydrogens (tertiary/aromatic N) is 1. The van der Waals surface area contributed by atoms with E-state index in [0.717, 1.165) is 5.56 Å². The SMILES string of the molecule is Cc1ccc(C(=O)Oc2ccccc2/C=C(\C#N)C(=O)Nc2cccc(Cl)c2)cc1. The number of aryl methyl sites for hydroxylation is 1. The molecule has 0 saturated carbocycles. The van der Waals surface area contributed by atoms with E-state index in [1.807, 2.05) is 25.1 Å². The highest BCUT2D eigenvalue weighted by Crippen LogP contribution is 2.23. The fraction of sp³-hybridized carbons (Fsp3) is 0.0417. The first-order valence-corrected chi connectivity index (χ1v) is 9.40. The maximum Gasteiger partial charge on any atom is 0.343 e. The van der Waals surface area contributed by atoms with Crippen molar-refractivity contribution in [1.29, 1.82) is 5.26 Å². The van der Waals surface area contributed by atoms with E-state index in [-0.39, 0.29) is 11.3 Å². The van der Waals surface area contributed by atoms with Crippen LogP contribution < -0.4 is 10.1 Å². The molecule has 30 heavy (non-hydrogen) atoms. The summed E-state index contributed by atoms with van der Waals surface area (Å²) in [5, 5.41) is 12.5. The van der Waals surface area contributed by atoms with E-state index in [2.05, 4.69) is 5.32 Å². The molecule has 0 aliphatic heterocycles. The fourth-order valence-electron chi connectivity index (χ4n) is 2.61. The van der Waals surface area contributed by atoms with Gasteiger partial charge in [-0.3, -0.25) is 4.79 Å². The zero-order valence-electron chi connectivity index (χ0n) is 16.1. The molecular weight excluding hydrogens is 400 g/mol. The highest BCUT2D eigenvalue weighted by molar-refractivity contribution is 6.31. The Morgan fingerprint density at radius 3 is 2.47 bits per heavy atom. The number of halogens is 1. The van der Waals surface area contributed by atoms with Crippen molar-refractivity contribution in [2.45, 2.75) is 6.92 Å². The van der Waals surface area contributed by atoms with Crippen molar-refractivity contribution in [2.24, 2.45) is 0 Å². The third-order valence-electron chi connectivity index (χ3n) is 4.16. The van der Waals surface area contributed by atoms with E-state index >= 15 is 0 Å². The maximum atomic E-state index is 12.5. The molecule has 0 atom stereocenters. The van der Waals surface area contributed by atoms with E-state index in [1.54, 1.807) is 60.7 Å². The van der Waals surface area contributed by atoms with Gasteiger partial charge in [-0.1, -0.05) is 53.6 Å². The van der Waals surface area contributed by atoms with Gasteiger partial charge in [0.25, 0.3) is 5.91 Å². The van der Waals surface area contributed by atoms with Crippen molar-refractivity contribution in [3.63, 3.8) is 0 Å². The number of hydrogen-bond acceptors (Lipinski definition) is 4. The molecule has 0 unspecified atom stereocenters. The van der Waals surface area contributed by atoms with Crippen molar-refractivity contribution < 1.29 is 14.3 Å². The van der Waals surface area contributed by atoms with Crippen LogP contribution in [0.2, 0.25) is 5.02 Å². The van der Waals surface area contributed by atoms with Crippen LogP contribution in [0.4, 0.5) is 5.69 Å². The van der Waals surface area contributed by atoms with Gasteiger partial charge in [-0.2, -0.15) is 5.26 Å². The smallest absolute Gasteiger partial charge is 0.343 e. The molecule has 0 aliphatic carbocycles. The highest BCUT2D eigenvalue weighted by atomic mass is 35.5. The van der Waals surface area contributed by atoms with Crippen molar-refractivity contribution >= 4 is 35.2 Å². The topological polar surface area (TPSA) is 79.2 Å². The Morgan fingerprint density at radius 2 is 1.77 bits per heavy atom. The molecule has 1 amide bonds. The van der Waals surface area contributed by atoms with Crippen LogP contribution in [0, 0.1) is 18.3 Å². The Labute approximate surface area is 179 Å². The normalized spacial score (nSPS) is 10.8. The van der Waals surface area contributed by atoms with Crippen LogP contribution in [0.3, 0.4) is 0 Å². The molecule has 6 heteroatoms. The number of carbonyl (C=O) groups is 2. The summed E-state index contributed by atoms with van der Waals surface area (Å²) in [5.41, 5.74) is 2.18. The van der Waals surface area contributed by atoms with Crippen LogP contribution in [0.1, 0.15) is 21.5 Å². The molecule has 0 aliphatic rings. The average Bonchev–Trinajstić information content (AvgIpc) is 2.73. The largest absolute Gasteiger partial charge is 0.422 e. The second-order valence-corrected chi connectivity index (χ2v) is 6.86. The predicted molar refractivity (Wildman–Crippen MR) is 116 cm³/mol. The number of ether oxygens (including phenoxy) is 1. The molecule has 3 aromatic rings. The standard InChI is InChI=1S/C24H17ClN2O3/c1-16-9-11-17(12-10-16)24(29)30-22-8-3-2-5-18(22)13-19(15-26)23(28)27-21-7-4-6-20(25)14-21/h2-14H,1H3,(H,27,28)/b19-13+. The number of nitriles is 1. The van der Waals surface area contributed by atoms with Gasteiger partial charge in [-0.15, -0.1) is 0 Å². The summed E-state index contributed by atoms with van der Waals surface area (Å²) in [4.78, 5) is 24.9. The van der Waals surface area contributed by atoms with Gasteiger partial charge in [0.15, 0.2) is 0 Å². The Balaban J connectivity index is 1.83. The second kappa shape index (κ2) is 9.55. The van der Waals surface area contributed by atoms with Crippen LogP contribution in [0.25, 0.3) is 6.08 Å². The molecule has 0 bridgehead atoms. The van der Waals surface area contributed by atoms with E-state index in [1.165, 1.54) is 6.08 Å². The summed E-state index contributed by atoms with van der Waals surface area (Å²) in [6.45, 7) is 1.92. The minimum atomic E-state index is -0.598. The molecule has 3 aromatic carbocycles. The van der Waals surface area contributed by atoms with Crippen LogP contribution >= 0.6 is 11.6 Å². The zero-order chi connectivity index (χ0) is 21.5. The van der Waals surface area contributed by atoms with Crippen LogP contribution in [-0.2, 0) is 4.79 Å². The van der Waals surface area contributed by atoms with Gasteiger partial charge >= 0.3 is 5.97 Å². The first kappa shape index (κ1) is 20.8. The second-order valence-electron chi connectivity index (χ2n) is 6.43. The van der Waals surface area contributed by atoms with Gasteiger partial charge in [0.2, 0.25) is 0 Å². The Morgan fingerprint density at radius 1 is 1.03 bits per heavy atom. The lowest BCUT2D eigenvalue weighted by atomic mass is 10.1. The van der Waals surface area contributed by atoms with Crippen LogP contribution in [0.15, 0.2) is 78.4 Å². The Hall–Kier alpha value is -3.88. The number of amides is 1. The number of anilines is 1. The lowest BCUT2D eigenvalue weighted by Gasteiger charge is -2.09. The lowest BCUT2D eigenvalue weighted by Crippen LogP contribution is -2.13. The fourth-order valence-corrected chi connectivity index (χ4v) is 2.80. The van der Waals surface area contributed by atoms with Crippen molar-refractivity contribution in [1.82, 2.24) is 0 Å². The van der Waals surface area contributed by atoms with Gasteiger partial charge in [-0.05, 0) is 49.4 Å². The molecule has 0 radical (unpaired) electrons. The summed E-state index contributed by atoms with van der Waals surface area (Å²) in [7, 11) is 0. The summed E-state index contributed by atoms with van der Waals surface area (Å²) in [6.07, 6.45) is 1.37. The Kier molecular flexibility index (Phi) is 6.63. The Bertz CT molecular complexity index is 1160. The summed E-state index contributed by atoms with van der Waals surface area (Å²) < 4.78 is 5.49. The number of benzene rings is 3. The quantitative estimate of drug-likeness (QED) is 0.261. The monoisotopic (exact) mass is 416 g/mol. The molecule has 3 rings (SSSR count). The van der Waals surface area contributed by atoms with Crippen LogP contribution in [0.5, 0.6) is 5.75 Å². The molecule has 148 valence electrons. The first-order chi connectivity index (χ1) is 14.5. The van der Waals surface area contributed by atoms with Crippen molar-refractivity contribution in [2.75, 3.05) is 5.32 Å². The molecule has 0 fully saturated rings. The molecule has 0 saturated heterocycles. The zero-order valence-corrected chi connectivity index (χ0v) is 16.8. The number of rotatable bonds is 5. The summed E-state index contributed by atoms with van der Waals surface area (Å²) >= 11 is 5.92. The number of carbonyl (C=O) groups excluding carboxylic acids is 2. The third-order valence-corrected chi connectivity index (χ3v) is 4.39. The highest BCUT2D eigenvalue weighted by Gasteiger charge is 2.14. The van der Waals surface area contributed by atoms with E-state index in [4.69, 9.17) is 16.3 Å². The minimum absolute atomic E-state index is 0.145. The van der Waals surface area contributed by atoms with Crippen molar-refractivity contribution in [3.05, 3.63) is 100 Å². The van der Waals surface area contributed by atoms with Crippen LogP contribution in [-0.4, -0.2) is 11.9 Å². The molecule has 0 aromatic heterocycles. The maximum absolute atomic E-state index is 12.5. The van der Waals surface area contributed by atoms with E-state index in [9.17, 15) is 14.9 Å². The first-order valence-electron chi connectivity index (χ1n) is 9.03. The van der Waals surface area contributed by atoms with Gasteiger partial charge in [0.1, 0.15) is 17.4 Å². The average molecular weight is 417 g/mol. The van der Waals surface area contributed by atoms with E-state index < -0.39 is 11.9 Å². The van der Waals surface area contributed by atoms with Gasteiger partial charge in [0.05, 0.1) is 5.56 Å².